The summed E-state index contributed by atoms with van der Waals surface area (Å²) < 4.78 is 13.4. The standard InChI is InChI=1S/C14H23FN2/c1-4-11(3)17(5-2)10-13-6-12(9-16)7-14(15)8-13/h6-8,11H,4-5,9-10,16H2,1-3H3. The summed E-state index contributed by atoms with van der Waals surface area (Å²) in [6.07, 6.45) is 1.10. The molecule has 0 saturated heterocycles. The van der Waals surface area contributed by atoms with Crippen LogP contribution in [-0.4, -0.2) is 17.5 Å². The van der Waals surface area contributed by atoms with Gasteiger partial charge in [-0.25, -0.2) is 4.39 Å². The van der Waals surface area contributed by atoms with Gasteiger partial charge in [0, 0.05) is 19.1 Å². The molecule has 0 aliphatic heterocycles. The van der Waals surface area contributed by atoms with E-state index in [1.807, 2.05) is 6.07 Å². The van der Waals surface area contributed by atoms with Crippen molar-refractivity contribution in [2.24, 2.45) is 5.73 Å². The van der Waals surface area contributed by atoms with Crippen LogP contribution in [0.2, 0.25) is 0 Å². The Morgan fingerprint density at radius 2 is 1.88 bits per heavy atom. The first-order chi connectivity index (χ1) is 8.10. The number of rotatable bonds is 6. The van der Waals surface area contributed by atoms with Gasteiger partial charge in [0.2, 0.25) is 0 Å². The quantitative estimate of drug-likeness (QED) is 0.825. The molecule has 2 nitrogen and oxygen atoms in total. The van der Waals surface area contributed by atoms with Gasteiger partial charge in [-0.2, -0.15) is 0 Å². The summed E-state index contributed by atoms with van der Waals surface area (Å²) >= 11 is 0. The molecule has 0 fully saturated rings. The van der Waals surface area contributed by atoms with Crippen molar-refractivity contribution in [2.45, 2.75) is 46.3 Å². The lowest BCUT2D eigenvalue weighted by atomic mass is 10.1. The minimum atomic E-state index is -0.192. The third kappa shape index (κ3) is 4.10. The largest absolute Gasteiger partial charge is 0.326 e. The Bertz CT molecular complexity index is 352. The number of benzene rings is 1. The van der Waals surface area contributed by atoms with Gasteiger partial charge in [-0.3, -0.25) is 4.90 Å². The maximum absolute atomic E-state index is 13.4. The molecule has 3 heteroatoms. The molecule has 0 radical (unpaired) electrons. The lowest BCUT2D eigenvalue weighted by Crippen LogP contribution is -2.31. The van der Waals surface area contributed by atoms with Crippen molar-refractivity contribution in [3.8, 4) is 0 Å². The fourth-order valence-electron chi connectivity index (χ4n) is 2.00. The molecule has 1 rings (SSSR count). The Hall–Kier alpha value is -0.930. The second kappa shape index (κ2) is 6.72. The van der Waals surface area contributed by atoms with Gasteiger partial charge in [-0.1, -0.05) is 19.9 Å². The van der Waals surface area contributed by atoms with E-state index in [0.717, 1.165) is 30.6 Å². The summed E-state index contributed by atoms with van der Waals surface area (Å²) in [6, 6.07) is 5.62. The fraction of sp³-hybridized carbons (Fsp3) is 0.571. The first kappa shape index (κ1) is 14.1. The lowest BCUT2D eigenvalue weighted by Gasteiger charge is -2.27. The average Bonchev–Trinajstić information content (AvgIpc) is 2.34. The minimum Gasteiger partial charge on any atom is -0.326 e. The second-order valence-corrected chi connectivity index (χ2v) is 4.49. The summed E-state index contributed by atoms with van der Waals surface area (Å²) in [5.41, 5.74) is 7.42. The average molecular weight is 238 g/mol. The van der Waals surface area contributed by atoms with Crippen LogP contribution in [0, 0.1) is 5.82 Å². The molecule has 0 aromatic heterocycles. The Balaban J connectivity index is 2.82. The van der Waals surface area contributed by atoms with Crippen LogP contribution in [0.3, 0.4) is 0 Å². The Kier molecular flexibility index (Phi) is 5.59. The number of halogens is 1. The van der Waals surface area contributed by atoms with Gasteiger partial charge in [0.25, 0.3) is 0 Å². The van der Waals surface area contributed by atoms with Gasteiger partial charge in [-0.05, 0) is 43.1 Å². The third-order valence-corrected chi connectivity index (χ3v) is 3.26. The molecule has 1 unspecified atom stereocenters. The van der Waals surface area contributed by atoms with Crippen LogP contribution in [0.1, 0.15) is 38.3 Å². The van der Waals surface area contributed by atoms with Crippen molar-refractivity contribution in [3.63, 3.8) is 0 Å². The van der Waals surface area contributed by atoms with Crippen LogP contribution in [0.25, 0.3) is 0 Å². The summed E-state index contributed by atoms with van der Waals surface area (Å²) in [5.74, 6) is -0.192. The molecule has 0 aliphatic carbocycles. The number of nitrogens with zero attached hydrogens (tertiary/aromatic N) is 1. The summed E-state index contributed by atoms with van der Waals surface area (Å²) in [4.78, 5) is 2.34. The number of nitrogens with two attached hydrogens (primary N) is 1. The molecule has 17 heavy (non-hydrogen) atoms. The van der Waals surface area contributed by atoms with E-state index in [9.17, 15) is 4.39 Å². The SMILES string of the molecule is CCC(C)N(CC)Cc1cc(F)cc(CN)c1. The molecule has 1 aromatic rings. The first-order valence-electron chi connectivity index (χ1n) is 6.33. The van der Waals surface area contributed by atoms with E-state index in [-0.39, 0.29) is 5.82 Å². The maximum Gasteiger partial charge on any atom is 0.123 e. The van der Waals surface area contributed by atoms with Crippen LogP contribution < -0.4 is 5.73 Å². The van der Waals surface area contributed by atoms with E-state index in [1.165, 1.54) is 6.07 Å². The Morgan fingerprint density at radius 1 is 1.24 bits per heavy atom. The lowest BCUT2D eigenvalue weighted by molar-refractivity contribution is 0.206. The first-order valence-corrected chi connectivity index (χ1v) is 6.33. The zero-order valence-electron chi connectivity index (χ0n) is 11.0. The highest BCUT2D eigenvalue weighted by Crippen LogP contribution is 2.14. The number of hydrogen-bond donors (Lipinski definition) is 1. The zero-order chi connectivity index (χ0) is 12.8. The van der Waals surface area contributed by atoms with E-state index < -0.39 is 0 Å². The summed E-state index contributed by atoms with van der Waals surface area (Å²) in [6.45, 7) is 8.66. The van der Waals surface area contributed by atoms with Crippen LogP contribution in [0.4, 0.5) is 4.39 Å². The summed E-state index contributed by atoms with van der Waals surface area (Å²) in [5, 5.41) is 0. The van der Waals surface area contributed by atoms with Gasteiger partial charge in [-0.15, -0.1) is 0 Å². The van der Waals surface area contributed by atoms with Crippen molar-refractivity contribution >= 4 is 0 Å². The predicted molar refractivity (Wildman–Crippen MR) is 70.1 cm³/mol. The number of hydrogen-bond acceptors (Lipinski definition) is 2. The van der Waals surface area contributed by atoms with Crippen molar-refractivity contribution in [1.29, 1.82) is 0 Å². The predicted octanol–water partition coefficient (Wildman–Crippen LogP) is 2.90. The van der Waals surface area contributed by atoms with E-state index in [4.69, 9.17) is 5.73 Å². The van der Waals surface area contributed by atoms with Crippen LogP contribution >= 0.6 is 0 Å². The van der Waals surface area contributed by atoms with Crippen molar-refractivity contribution in [3.05, 3.63) is 35.1 Å². The highest BCUT2D eigenvalue weighted by atomic mass is 19.1. The molecule has 96 valence electrons. The highest BCUT2D eigenvalue weighted by Gasteiger charge is 2.11. The third-order valence-electron chi connectivity index (χ3n) is 3.26. The molecule has 1 aromatic carbocycles. The van der Waals surface area contributed by atoms with Crippen LogP contribution in [0.5, 0.6) is 0 Å². The van der Waals surface area contributed by atoms with E-state index in [2.05, 4.69) is 25.7 Å². The molecule has 0 heterocycles. The van der Waals surface area contributed by atoms with Gasteiger partial charge in [0.15, 0.2) is 0 Å². The molecule has 0 saturated carbocycles. The van der Waals surface area contributed by atoms with Gasteiger partial charge in [0.05, 0.1) is 0 Å². The van der Waals surface area contributed by atoms with Gasteiger partial charge in [0.1, 0.15) is 5.82 Å². The molecular weight excluding hydrogens is 215 g/mol. The molecular formula is C14H23FN2. The maximum atomic E-state index is 13.4. The minimum absolute atomic E-state index is 0.192. The second-order valence-electron chi connectivity index (χ2n) is 4.49. The topological polar surface area (TPSA) is 29.3 Å². The van der Waals surface area contributed by atoms with Crippen molar-refractivity contribution < 1.29 is 4.39 Å². The Labute approximate surface area is 104 Å². The Morgan fingerprint density at radius 3 is 2.41 bits per heavy atom. The van der Waals surface area contributed by atoms with Crippen molar-refractivity contribution in [2.75, 3.05) is 6.54 Å². The van der Waals surface area contributed by atoms with Crippen LogP contribution in [-0.2, 0) is 13.1 Å². The summed E-state index contributed by atoms with van der Waals surface area (Å²) in [7, 11) is 0. The van der Waals surface area contributed by atoms with E-state index >= 15 is 0 Å². The molecule has 0 amide bonds. The molecule has 2 N–H and O–H groups in total. The highest BCUT2D eigenvalue weighted by molar-refractivity contribution is 5.24. The normalized spacial score (nSPS) is 13.1. The molecule has 0 spiro atoms. The monoisotopic (exact) mass is 238 g/mol. The molecule has 0 bridgehead atoms. The fourth-order valence-corrected chi connectivity index (χ4v) is 2.00. The van der Waals surface area contributed by atoms with Crippen LogP contribution in [0.15, 0.2) is 18.2 Å². The van der Waals surface area contributed by atoms with Gasteiger partial charge < -0.3 is 5.73 Å². The molecule has 1 atom stereocenters. The molecule has 0 aliphatic rings. The van der Waals surface area contributed by atoms with E-state index in [0.29, 0.717) is 12.6 Å². The zero-order valence-corrected chi connectivity index (χ0v) is 11.0. The van der Waals surface area contributed by atoms with E-state index in [1.54, 1.807) is 6.07 Å². The van der Waals surface area contributed by atoms with Crippen molar-refractivity contribution in [1.82, 2.24) is 4.90 Å². The van der Waals surface area contributed by atoms with Gasteiger partial charge >= 0.3 is 0 Å². The smallest absolute Gasteiger partial charge is 0.123 e.